The van der Waals surface area contributed by atoms with Gasteiger partial charge in [-0.05, 0) is 19.1 Å². The van der Waals surface area contributed by atoms with Gasteiger partial charge in [-0.25, -0.2) is 4.79 Å². The number of carbonyl (C=O) groups is 2. The Morgan fingerprint density at radius 3 is 2.62 bits per heavy atom. The maximum Gasteiger partial charge on any atom is 0.337 e. The number of primary amides is 1. The molecule has 8 heteroatoms. The summed E-state index contributed by atoms with van der Waals surface area (Å²) in [6, 6.07) is 3.52. The number of nitrogens with zero attached hydrogens (tertiary/aromatic N) is 1. The van der Waals surface area contributed by atoms with Gasteiger partial charge in [0.25, 0.3) is 0 Å². The Balaban J connectivity index is 2.92. The molecule has 4 N–H and O–H groups in total. The summed E-state index contributed by atoms with van der Waals surface area (Å²) >= 11 is 0. The quantitative estimate of drug-likeness (QED) is 0.672. The van der Waals surface area contributed by atoms with E-state index >= 15 is 0 Å². The molecular weight excluding hydrogens is 278 g/mol. The number of hydrogen-bond acceptors (Lipinski definition) is 4. The van der Waals surface area contributed by atoms with Gasteiger partial charge in [0, 0.05) is 12.5 Å². The first-order chi connectivity index (χ1) is 9.82. The van der Waals surface area contributed by atoms with Gasteiger partial charge in [-0.15, -0.1) is 0 Å². The van der Waals surface area contributed by atoms with Crippen molar-refractivity contribution in [3.63, 3.8) is 0 Å². The summed E-state index contributed by atoms with van der Waals surface area (Å²) in [6.45, 7) is 1.52. The van der Waals surface area contributed by atoms with Crippen LogP contribution in [-0.2, 0) is 4.79 Å². The predicted octanol–water partition coefficient (Wildman–Crippen LogP) is -0.176. The molecule has 0 saturated heterocycles. The van der Waals surface area contributed by atoms with Crippen molar-refractivity contribution < 1.29 is 14.7 Å². The monoisotopic (exact) mass is 291 g/mol. The SMILES string of the molecule is CC(CC(N)=O)n1c(=O)c(=O)[nH]c2cccc(C(=O)O)c21. The van der Waals surface area contributed by atoms with Gasteiger partial charge < -0.3 is 15.8 Å². The Hall–Kier alpha value is -2.90. The number of aromatic amines is 1. The second-order valence-electron chi connectivity index (χ2n) is 4.66. The fraction of sp³-hybridized carbons (Fsp3) is 0.231. The summed E-state index contributed by atoms with van der Waals surface area (Å²) in [5.74, 6) is -1.90. The number of hydrogen-bond donors (Lipinski definition) is 3. The maximum absolute atomic E-state index is 12.1. The summed E-state index contributed by atoms with van der Waals surface area (Å²) in [6.07, 6.45) is -0.188. The number of benzene rings is 1. The van der Waals surface area contributed by atoms with E-state index < -0.39 is 29.0 Å². The average molecular weight is 291 g/mol. The van der Waals surface area contributed by atoms with E-state index in [9.17, 15) is 24.3 Å². The number of fused-ring (bicyclic) bond motifs is 1. The molecule has 1 aromatic carbocycles. The van der Waals surface area contributed by atoms with Crippen LogP contribution in [0.2, 0.25) is 0 Å². The first-order valence-corrected chi connectivity index (χ1v) is 6.12. The van der Waals surface area contributed by atoms with Crippen LogP contribution in [0.3, 0.4) is 0 Å². The van der Waals surface area contributed by atoms with Gasteiger partial charge in [-0.2, -0.15) is 0 Å². The van der Waals surface area contributed by atoms with Crippen LogP contribution in [0.1, 0.15) is 29.7 Å². The van der Waals surface area contributed by atoms with Gasteiger partial charge in [0.05, 0.1) is 16.6 Å². The normalized spacial score (nSPS) is 12.2. The standard InChI is InChI=1S/C13H13N3O5/c1-6(5-9(14)17)16-10-7(13(20)21)3-2-4-8(10)15-11(18)12(16)19/h2-4,6H,5H2,1H3,(H2,14,17)(H,15,18)(H,20,21). The van der Waals surface area contributed by atoms with E-state index in [0.717, 1.165) is 4.57 Å². The molecule has 0 aliphatic heterocycles. The first kappa shape index (κ1) is 14.5. The Labute approximate surface area is 117 Å². The largest absolute Gasteiger partial charge is 0.478 e. The van der Waals surface area contributed by atoms with Crippen molar-refractivity contribution in [1.82, 2.24) is 9.55 Å². The summed E-state index contributed by atoms with van der Waals surface area (Å²) in [7, 11) is 0. The Morgan fingerprint density at radius 1 is 1.38 bits per heavy atom. The molecule has 0 saturated carbocycles. The zero-order chi connectivity index (χ0) is 15.7. The van der Waals surface area contributed by atoms with Crippen molar-refractivity contribution in [2.24, 2.45) is 5.73 Å². The van der Waals surface area contributed by atoms with Crippen LogP contribution in [0.15, 0.2) is 27.8 Å². The zero-order valence-corrected chi connectivity index (χ0v) is 11.1. The number of H-pyrrole nitrogens is 1. The molecule has 0 aliphatic rings. The Kier molecular flexibility index (Phi) is 3.62. The van der Waals surface area contributed by atoms with Crippen molar-refractivity contribution in [3.8, 4) is 0 Å². The van der Waals surface area contributed by atoms with Gasteiger partial charge in [-0.1, -0.05) is 6.07 Å². The van der Waals surface area contributed by atoms with E-state index in [-0.39, 0.29) is 23.0 Å². The van der Waals surface area contributed by atoms with Crippen LogP contribution in [0, 0.1) is 0 Å². The van der Waals surface area contributed by atoms with Crippen molar-refractivity contribution >= 4 is 22.9 Å². The van der Waals surface area contributed by atoms with Crippen molar-refractivity contribution in [2.75, 3.05) is 0 Å². The molecule has 110 valence electrons. The highest BCUT2D eigenvalue weighted by molar-refractivity contribution is 6.00. The molecular formula is C13H13N3O5. The Morgan fingerprint density at radius 2 is 2.05 bits per heavy atom. The molecule has 0 spiro atoms. The number of aromatic carboxylic acids is 1. The molecule has 0 radical (unpaired) electrons. The second-order valence-corrected chi connectivity index (χ2v) is 4.66. The van der Waals surface area contributed by atoms with E-state index in [4.69, 9.17) is 5.73 Å². The average Bonchev–Trinajstić information content (AvgIpc) is 2.38. The van der Waals surface area contributed by atoms with E-state index in [0.29, 0.717) is 0 Å². The number of para-hydroxylation sites is 1. The molecule has 0 aliphatic carbocycles. The highest BCUT2D eigenvalue weighted by Gasteiger charge is 2.20. The lowest BCUT2D eigenvalue weighted by atomic mass is 10.1. The number of carboxylic acid groups (broad SMARTS) is 1. The minimum absolute atomic E-state index is 0.0587. The van der Waals surface area contributed by atoms with Crippen LogP contribution >= 0.6 is 0 Å². The minimum Gasteiger partial charge on any atom is -0.478 e. The summed E-state index contributed by atoms with van der Waals surface area (Å²) < 4.78 is 1.00. The van der Waals surface area contributed by atoms with Crippen LogP contribution in [-0.4, -0.2) is 26.5 Å². The molecule has 0 fully saturated rings. The molecule has 21 heavy (non-hydrogen) atoms. The fourth-order valence-corrected chi connectivity index (χ4v) is 2.27. The lowest BCUT2D eigenvalue weighted by Gasteiger charge is -2.17. The number of rotatable bonds is 4. The third-order valence-corrected chi connectivity index (χ3v) is 3.11. The number of aromatic nitrogens is 2. The summed E-state index contributed by atoms with van der Waals surface area (Å²) in [5.41, 5.74) is 3.41. The van der Waals surface area contributed by atoms with Gasteiger partial charge in [-0.3, -0.25) is 19.0 Å². The smallest absolute Gasteiger partial charge is 0.337 e. The highest BCUT2D eigenvalue weighted by atomic mass is 16.4. The summed E-state index contributed by atoms with van der Waals surface area (Å²) in [4.78, 5) is 48.4. The van der Waals surface area contributed by atoms with Gasteiger partial charge >= 0.3 is 17.1 Å². The van der Waals surface area contributed by atoms with Crippen molar-refractivity contribution in [2.45, 2.75) is 19.4 Å². The number of carbonyl (C=O) groups excluding carboxylic acids is 1. The number of carboxylic acids is 1. The first-order valence-electron chi connectivity index (χ1n) is 6.12. The lowest BCUT2D eigenvalue weighted by Crippen LogP contribution is -2.39. The lowest BCUT2D eigenvalue weighted by molar-refractivity contribution is -0.118. The topological polar surface area (TPSA) is 135 Å². The van der Waals surface area contributed by atoms with Crippen LogP contribution in [0.4, 0.5) is 0 Å². The second kappa shape index (κ2) is 5.23. The van der Waals surface area contributed by atoms with E-state index in [1.807, 2.05) is 0 Å². The third kappa shape index (κ3) is 2.55. The van der Waals surface area contributed by atoms with Gasteiger partial charge in [0.2, 0.25) is 5.91 Å². The maximum atomic E-state index is 12.1. The van der Waals surface area contributed by atoms with Crippen molar-refractivity contribution in [1.29, 1.82) is 0 Å². The molecule has 1 amide bonds. The molecule has 2 aromatic rings. The van der Waals surface area contributed by atoms with E-state index in [1.165, 1.54) is 25.1 Å². The fourth-order valence-electron chi connectivity index (χ4n) is 2.27. The minimum atomic E-state index is -1.24. The van der Waals surface area contributed by atoms with E-state index in [2.05, 4.69) is 4.98 Å². The number of nitrogens with two attached hydrogens (primary N) is 1. The third-order valence-electron chi connectivity index (χ3n) is 3.11. The molecule has 1 heterocycles. The van der Waals surface area contributed by atoms with E-state index in [1.54, 1.807) is 0 Å². The Bertz CT molecular complexity index is 849. The van der Waals surface area contributed by atoms with Crippen LogP contribution in [0.5, 0.6) is 0 Å². The summed E-state index contributed by atoms with van der Waals surface area (Å²) in [5, 5.41) is 9.23. The highest BCUT2D eigenvalue weighted by Crippen LogP contribution is 2.19. The van der Waals surface area contributed by atoms with Crippen LogP contribution < -0.4 is 16.9 Å². The number of amides is 1. The molecule has 1 unspecified atom stereocenters. The molecule has 2 rings (SSSR count). The van der Waals surface area contributed by atoms with Gasteiger partial charge in [0.15, 0.2) is 0 Å². The van der Waals surface area contributed by atoms with Crippen LogP contribution in [0.25, 0.3) is 11.0 Å². The zero-order valence-electron chi connectivity index (χ0n) is 11.1. The molecule has 8 nitrogen and oxygen atoms in total. The molecule has 1 atom stereocenters. The molecule has 1 aromatic heterocycles. The van der Waals surface area contributed by atoms with Gasteiger partial charge in [0.1, 0.15) is 0 Å². The van der Waals surface area contributed by atoms with Crippen molar-refractivity contribution in [3.05, 3.63) is 44.5 Å². The predicted molar refractivity (Wildman–Crippen MR) is 74.3 cm³/mol. The molecule has 0 bridgehead atoms. The number of nitrogens with one attached hydrogen (secondary N) is 1.